The fourth-order valence-corrected chi connectivity index (χ4v) is 2.60. The third-order valence-corrected chi connectivity index (χ3v) is 4.01. The number of carbonyl (C=O) groups excluding carboxylic acids is 2. The Bertz CT molecular complexity index is 517. The van der Waals surface area contributed by atoms with E-state index in [9.17, 15) is 9.59 Å². The lowest BCUT2D eigenvalue weighted by atomic mass is 10.1. The number of benzene rings is 1. The first-order valence-corrected chi connectivity index (χ1v) is 7.72. The van der Waals surface area contributed by atoms with E-state index in [0.29, 0.717) is 11.3 Å². The Morgan fingerprint density at radius 3 is 2.27 bits per heavy atom. The molecule has 1 heterocycles. The molecule has 5 heteroatoms. The van der Waals surface area contributed by atoms with Crippen LogP contribution in [0.15, 0.2) is 24.3 Å². The summed E-state index contributed by atoms with van der Waals surface area (Å²) in [5.41, 5.74) is -0.330. The van der Waals surface area contributed by atoms with Crippen molar-refractivity contribution in [3.63, 3.8) is 0 Å². The van der Waals surface area contributed by atoms with Gasteiger partial charge in [0.05, 0.1) is 0 Å². The molecule has 1 aliphatic rings. The van der Waals surface area contributed by atoms with Crippen LogP contribution in [0.2, 0.25) is 0 Å². The van der Waals surface area contributed by atoms with Crippen LogP contribution in [0.3, 0.4) is 0 Å². The molecule has 0 spiro atoms. The number of aldehydes is 1. The van der Waals surface area contributed by atoms with Crippen LogP contribution in [0.4, 0.5) is 0 Å². The number of hydrogen-bond donors (Lipinski definition) is 0. The van der Waals surface area contributed by atoms with Crippen LogP contribution >= 0.6 is 0 Å². The van der Waals surface area contributed by atoms with Crippen molar-refractivity contribution in [1.82, 2.24) is 9.80 Å². The smallest absolute Gasteiger partial charge is 0.266 e. The van der Waals surface area contributed by atoms with Gasteiger partial charge in [-0.25, -0.2) is 0 Å². The van der Waals surface area contributed by atoms with Crippen LogP contribution in [-0.4, -0.2) is 60.3 Å². The minimum atomic E-state index is -0.920. The lowest BCUT2D eigenvalue weighted by molar-refractivity contribution is -0.147. The number of piperazine rings is 1. The van der Waals surface area contributed by atoms with Crippen LogP contribution in [0, 0.1) is 0 Å². The minimum absolute atomic E-state index is 0.00252. The molecule has 0 bridgehead atoms. The average molecular weight is 304 g/mol. The molecule has 0 unspecified atom stereocenters. The molecule has 1 aromatic rings. The maximum Gasteiger partial charge on any atom is 0.266 e. The molecule has 1 amide bonds. The first-order valence-electron chi connectivity index (χ1n) is 7.72. The Labute approximate surface area is 131 Å². The Kier molecular flexibility index (Phi) is 5.19. The topological polar surface area (TPSA) is 49.9 Å². The second kappa shape index (κ2) is 6.92. The minimum Gasteiger partial charge on any atom is -0.478 e. The highest BCUT2D eigenvalue weighted by molar-refractivity contribution is 5.85. The van der Waals surface area contributed by atoms with Gasteiger partial charge >= 0.3 is 0 Å². The fraction of sp³-hybridized carbons (Fsp3) is 0.529. The fourth-order valence-electron chi connectivity index (χ4n) is 2.60. The van der Waals surface area contributed by atoms with E-state index in [1.807, 2.05) is 4.90 Å². The van der Waals surface area contributed by atoms with Gasteiger partial charge in [-0.2, -0.15) is 0 Å². The number of likely N-dealkylation sites (N-methyl/N-ethyl adjacent to an activating group) is 1. The number of amides is 1. The van der Waals surface area contributed by atoms with Gasteiger partial charge in [-0.15, -0.1) is 0 Å². The van der Waals surface area contributed by atoms with Crippen LogP contribution in [0.1, 0.15) is 31.1 Å². The van der Waals surface area contributed by atoms with Crippen LogP contribution < -0.4 is 4.74 Å². The molecule has 120 valence electrons. The number of ether oxygens (including phenoxy) is 1. The van der Waals surface area contributed by atoms with Crippen molar-refractivity contribution in [3.05, 3.63) is 29.8 Å². The van der Waals surface area contributed by atoms with Gasteiger partial charge < -0.3 is 14.5 Å². The maximum absolute atomic E-state index is 12.7. The Morgan fingerprint density at radius 1 is 1.18 bits per heavy atom. The van der Waals surface area contributed by atoms with E-state index in [2.05, 4.69) is 11.8 Å². The third-order valence-electron chi connectivity index (χ3n) is 4.01. The highest BCUT2D eigenvalue weighted by Crippen LogP contribution is 2.21. The van der Waals surface area contributed by atoms with Gasteiger partial charge in [0.25, 0.3) is 5.91 Å². The van der Waals surface area contributed by atoms with E-state index in [4.69, 9.17) is 4.74 Å². The van der Waals surface area contributed by atoms with Crippen molar-refractivity contribution >= 4 is 12.2 Å². The molecule has 0 saturated carbocycles. The summed E-state index contributed by atoms with van der Waals surface area (Å²) >= 11 is 0. The standard InChI is InChI=1S/C17H24N2O3/c1-4-18-9-11-19(12-10-18)16(21)17(2,3)22-15-7-5-14(13-20)6-8-15/h5-8,13H,4,9-12H2,1-3H3. The zero-order chi connectivity index (χ0) is 16.2. The summed E-state index contributed by atoms with van der Waals surface area (Å²) in [5, 5.41) is 0. The molecule has 0 radical (unpaired) electrons. The summed E-state index contributed by atoms with van der Waals surface area (Å²) < 4.78 is 5.85. The molecule has 1 fully saturated rings. The van der Waals surface area contributed by atoms with E-state index < -0.39 is 5.60 Å². The van der Waals surface area contributed by atoms with E-state index in [1.54, 1.807) is 38.1 Å². The van der Waals surface area contributed by atoms with Crippen LogP contribution in [0.25, 0.3) is 0 Å². The number of rotatable bonds is 5. The SMILES string of the molecule is CCN1CCN(C(=O)C(C)(C)Oc2ccc(C=O)cc2)CC1. The van der Waals surface area contributed by atoms with E-state index in [-0.39, 0.29) is 5.91 Å². The average Bonchev–Trinajstić information content (AvgIpc) is 2.54. The van der Waals surface area contributed by atoms with E-state index in [0.717, 1.165) is 39.0 Å². The normalized spacial score (nSPS) is 16.4. The Morgan fingerprint density at radius 2 is 1.77 bits per heavy atom. The lowest BCUT2D eigenvalue weighted by Crippen LogP contribution is -2.55. The van der Waals surface area contributed by atoms with Gasteiger partial charge in [-0.3, -0.25) is 9.59 Å². The summed E-state index contributed by atoms with van der Waals surface area (Å²) in [6.07, 6.45) is 0.785. The summed E-state index contributed by atoms with van der Waals surface area (Å²) in [6, 6.07) is 6.80. The molecule has 22 heavy (non-hydrogen) atoms. The number of nitrogens with zero attached hydrogens (tertiary/aromatic N) is 2. The monoisotopic (exact) mass is 304 g/mol. The van der Waals surface area contributed by atoms with Crippen molar-refractivity contribution < 1.29 is 14.3 Å². The van der Waals surface area contributed by atoms with Gasteiger partial charge in [0.1, 0.15) is 12.0 Å². The summed E-state index contributed by atoms with van der Waals surface area (Å²) in [4.78, 5) is 27.5. The summed E-state index contributed by atoms with van der Waals surface area (Å²) in [6.45, 7) is 10.0. The molecular formula is C17H24N2O3. The predicted molar refractivity (Wildman–Crippen MR) is 85.2 cm³/mol. The van der Waals surface area contributed by atoms with Crippen LogP contribution in [-0.2, 0) is 4.79 Å². The molecule has 1 aromatic carbocycles. The highest BCUT2D eigenvalue weighted by atomic mass is 16.5. The second-order valence-corrected chi connectivity index (χ2v) is 6.03. The Balaban J connectivity index is 1.99. The zero-order valence-corrected chi connectivity index (χ0v) is 13.5. The van der Waals surface area contributed by atoms with Gasteiger partial charge in [-0.05, 0) is 44.7 Å². The first kappa shape index (κ1) is 16.5. The van der Waals surface area contributed by atoms with Gasteiger partial charge in [0.15, 0.2) is 5.60 Å². The molecule has 1 aliphatic heterocycles. The van der Waals surface area contributed by atoms with Crippen molar-refractivity contribution in [2.45, 2.75) is 26.4 Å². The number of carbonyl (C=O) groups is 2. The largest absolute Gasteiger partial charge is 0.478 e. The first-order chi connectivity index (χ1) is 10.5. The van der Waals surface area contributed by atoms with Crippen molar-refractivity contribution in [1.29, 1.82) is 0 Å². The highest BCUT2D eigenvalue weighted by Gasteiger charge is 2.35. The molecule has 2 rings (SSSR count). The summed E-state index contributed by atoms with van der Waals surface area (Å²) in [5.74, 6) is 0.596. The molecule has 0 N–H and O–H groups in total. The Hall–Kier alpha value is -1.88. The van der Waals surface area contributed by atoms with Crippen molar-refractivity contribution in [2.75, 3.05) is 32.7 Å². The molecule has 0 aliphatic carbocycles. The number of hydrogen-bond acceptors (Lipinski definition) is 4. The van der Waals surface area contributed by atoms with Crippen molar-refractivity contribution in [2.24, 2.45) is 0 Å². The molecule has 1 saturated heterocycles. The van der Waals surface area contributed by atoms with Gasteiger partial charge in [-0.1, -0.05) is 6.92 Å². The quantitative estimate of drug-likeness (QED) is 0.779. The molecule has 0 atom stereocenters. The zero-order valence-electron chi connectivity index (χ0n) is 13.5. The maximum atomic E-state index is 12.7. The predicted octanol–water partition coefficient (Wildman–Crippen LogP) is 1.82. The molecular weight excluding hydrogens is 280 g/mol. The van der Waals surface area contributed by atoms with Crippen LogP contribution in [0.5, 0.6) is 5.75 Å². The van der Waals surface area contributed by atoms with E-state index in [1.165, 1.54) is 0 Å². The van der Waals surface area contributed by atoms with E-state index >= 15 is 0 Å². The molecule has 0 aromatic heterocycles. The molecule has 5 nitrogen and oxygen atoms in total. The second-order valence-electron chi connectivity index (χ2n) is 6.03. The van der Waals surface area contributed by atoms with Gasteiger partial charge in [0.2, 0.25) is 0 Å². The summed E-state index contributed by atoms with van der Waals surface area (Å²) in [7, 11) is 0. The van der Waals surface area contributed by atoms with Crippen molar-refractivity contribution in [3.8, 4) is 5.75 Å². The lowest BCUT2D eigenvalue weighted by Gasteiger charge is -2.38. The van der Waals surface area contributed by atoms with Gasteiger partial charge in [0, 0.05) is 31.7 Å². The third kappa shape index (κ3) is 3.85.